The van der Waals surface area contributed by atoms with Gasteiger partial charge >= 0.3 is 0 Å². The van der Waals surface area contributed by atoms with Crippen molar-refractivity contribution in [3.63, 3.8) is 0 Å². The van der Waals surface area contributed by atoms with E-state index in [1.807, 2.05) is 6.07 Å². The zero-order valence-corrected chi connectivity index (χ0v) is 19.6. The maximum Gasteiger partial charge on any atom is 0.271 e. The van der Waals surface area contributed by atoms with Gasteiger partial charge in [-0.05, 0) is 53.1 Å². The van der Waals surface area contributed by atoms with E-state index in [-0.39, 0.29) is 12.5 Å². The number of benzene rings is 2. The van der Waals surface area contributed by atoms with Crippen LogP contribution in [0.3, 0.4) is 0 Å². The van der Waals surface area contributed by atoms with Crippen molar-refractivity contribution in [2.45, 2.75) is 18.8 Å². The largest absolute Gasteiger partial charge is 0.342 e. The Morgan fingerprint density at radius 2 is 2.00 bits per heavy atom. The standard InChI is InChI=1S/C25H21F3N5OP/c26-23-20(4-5-21-24(23)31-14-30-21)19-7-8-29-10-15(19)2-6-22(34)32-18-3-1-16-11-33(12-17(16)9-18)13-25(27,28)35/h1-10,14H,11-13,35H2,(H,30,31)(H,32,34)/b6-2+. The van der Waals surface area contributed by atoms with Crippen LogP contribution < -0.4 is 5.32 Å². The highest BCUT2D eigenvalue weighted by molar-refractivity contribution is 7.18. The summed E-state index contributed by atoms with van der Waals surface area (Å²) in [4.78, 5) is 25.2. The topological polar surface area (TPSA) is 73.9 Å². The molecule has 6 nitrogen and oxygen atoms in total. The first-order valence-electron chi connectivity index (χ1n) is 10.8. The first kappa shape index (κ1) is 23.2. The summed E-state index contributed by atoms with van der Waals surface area (Å²) in [6, 6.07) is 10.4. The molecule has 5 rings (SSSR count). The molecule has 35 heavy (non-hydrogen) atoms. The fourth-order valence-electron chi connectivity index (χ4n) is 4.27. The van der Waals surface area contributed by atoms with E-state index in [2.05, 4.69) is 20.3 Å². The molecule has 0 bridgehead atoms. The van der Waals surface area contributed by atoms with Gasteiger partial charge in [0, 0.05) is 48.4 Å². The molecule has 1 unspecified atom stereocenters. The molecule has 0 saturated heterocycles. The van der Waals surface area contributed by atoms with E-state index in [1.54, 1.807) is 62.9 Å². The van der Waals surface area contributed by atoms with Crippen molar-refractivity contribution in [1.82, 2.24) is 19.9 Å². The van der Waals surface area contributed by atoms with Crippen molar-refractivity contribution in [3.8, 4) is 11.1 Å². The molecule has 3 heterocycles. The summed E-state index contributed by atoms with van der Waals surface area (Å²) in [5.74, 6) is -0.812. The van der Waals surface area contributed by atoms with Crippen molar-refractivity contribution in [3.05, 3.63) is 83.7 Å². The smallest absolute Gasteiger partial charge is 0.271 e. The monoisotopic (exact) mass is 495 g/mol. The average Bonchev–Trinajstić information content (AvgIpc) is 3.44. The summed E-state index contributed by atoms with van der Waals surface area (Å²) in [6.07, 6.45) is 7.47. The molecular weight excluding hydrogens is 474 g/mol. The number of imidazole rings is 1. The lowest BCUT2D eigenvalue weighted by Gasteiger charge is -2.19. The molecule has 0 radical (unpaired) electrons. The third-order valence-electron chi connectivity index (χ3n) is 5.78. The molecule has 0 aliphatic carbocycles. The predicted molar refractivity (Wildman–Crippen MR) is 132 cm³/mol. The van der Waals surface area contributed by atoms with Gasteiger partial charge in [0.1, 0.15) is 5.52 Å². The van der Waals surface area contributed by atoms with Crippen LogP contribution in [0.5, 0.6) is 0 Å². The first-order valence-corrected chi connectivity index (χ1v) is 11.4. The number of nitrogens with one attached hydrogen (secondary N) is 2. The Balaban J connectivity index is 1.31. The van der Waals surface area contributed by atoms with Crippen LogP contribution in [0.15, 0.2) is 61.2 Å². The zero-order valence-electron chi connectivity index (χ0n) is 18.4. The maximum atomic E-state index is 15.0. The van der Waals surface area contributed by atoms with Crippen LogP contribution in [-0.2, 0) is 17.9 Å². The summed E-state index contributed by atoms with van der Waals surface area (Å²) in [6.45, 7) is 0.487. The number of aromatic nitrogens is 3. The van der Waals surface area contributed by atoms with Gasteiger partial charge in [0.2, 0.25) is 5.91 Å². The molecule has 10 heteroatoms. The average molecular weight is 495 g/mol. The molecule has 1 aliphatic rings. The predicted octanol–water partition coefficient (Wildman–Crippen LogP) is 5.20. The third-order valence-corrected chi connectivity index (χ3v) is 5.97. The number of anilines is 1. The second kappa shape index (κ2) is 9.24. The highest BCUT2D eigenvalue weighted by Crippen LogP contribution is 2.32. The van der Waals surface area contributed by atoms with Gasteiger partial charge in [-0.1, -0.05) is 15.3 Å². The minimum absolute atomic E-state index is 0.309. The molecule has 0 fully saturated rings. The van der Waals surface area contributed by atoms with Gasteiger partial charge in [-0.15, -0.1) is 0 Å². The van der Waals surface area contributed by atoms with E-state index in [4.69, 9.17) is 0 Å². The molecule has 178 valence electrons. The van der Waals surface area contributed by atoms with Crippen LogP contribution in [0.4, 0.5) is 18.9 Å². The minimum atomic E-state index is -2.85. The lowest BCUT2D eigenvalue weighted by Crippen LogP contribution is -2.28. The van der Waals surface area contributed by atoms with Crippen LogP contribution in [-0.4, -0.2) is 38.0 Å². The highest BCUT2D eigenvalue weighted by atomic mass is 31.0. The number of amides is 1. The normalized spacial score (nSPS) is 14.1. The summed E-state index contributed by atoms with van der Waals surface area (Å²) >= 11 is 0. The molecule has 4 aromatic rings. The van der Waals surface area contributed by atoms with Crippen molar-refractivity contribution < 1.29 is 18.0 Å². The fourth-order valence-corrected chi connectivity index (χ4v) is 4.53. The van der Waals surface area contributed by atoms with Crippen LogP contribution in [0.2, 0.25) is 0 Å². The molecular formula is C25H21F3N5OP. The van der Waals surface area contributed by atoms with Gasteiger partial charge in [-0.25, -0.2) is 18.2 Å². The quantitative estimate of drug-likeness (QED) is 0.285. The van der Waals surface area contributed by atoms with Crippen molar-refractivity contribution in [2.75, 3.05) is 11.9 Å². The Morgan fingerprint density at radius 1 is 1.17 bits per heavy atom. The van der Waals surface area contributed by atoms with Crippen molar-refractivity contribution in [2.24, 2.45) is 0 Å². The highest BCUT2D eigenvalue weighted by Gasteiger charge is 2.29. The Hall–Kier alpha value is -3.55. The van der Waals surface area contributed by atoms with Crippen LogP contribution in [0.1, 0.15) is 16.7 Å². The molecule has 1 atom stereocenters. The number of alkyl halides is 2. The molecule has 2 N–H and O–H groups in total. The van der Waals surface area contributed by atoms with Crippen LogP contribution in [0, 0.1) is 5.82 Å². The van der Waals surface area contributed by atoms with E-state index in [1.165, 1.54) is 12.4 Å². The van der Waals surface area contributed by atoms with Gasteiger partial charge in [-0.3, -0.25) is 14.7 Å². The van der Waals surface area contributed by atoms with E-state index in [0.717, 1.165) is 11.1 Å². The second-order valence-electron chi connectivity index (χ2n) is 8.40. The number of carbonyl (C=O) groups is 1. The van der Waals surface area contributed by atoms with Crippen LogP contribution >= 0.6 is 9.24 Å². The molecule has 0 spiro atoms. The Bertz CT molecular complexity index is 1450. The Morgan fingerprint density at radius 3 is 2.83 bits per heavy atom. The van der Waals surface area contributed by atoms with Gasteiger partial charge < -0.3 is 10.3 Å². The van der Waals surface area contributed by atoms with Gasteiger partial charge in [0.05, 0.1) is 18.4 Å². The number of halogens is 3. The molecule has 2 aromatic heterocycles. The maximum absolute atomic E-state index is 15.0. The number of aromatic amines is 1. The van der Waals surface area contributed by atoms with Gasteiger partial charge in [0.25, 0.3) is 5.66 Å². The first-order chi connectivity index (χ1) is 16.8. The van der Waals surface area contributed by atoms with Crippen LogP contribution in [0.25, 0.3) is 28.2 Å². The number of pyridine rings is 1. The minimum Gasteiger partial charge on any atom is -0.342 e. The van der Waals surface area contributed by atoms with E-state index in [0.29, 0.717) is 46.5 Å². The van der Waals surface area contributed by atoms with E-state index in [9.17, 15) is 13.6 Å². The SMILES string of the molecule is O=C(/C=C/c1cnccc1-c1ccc2nc[nH]c2c1F)Nc1ccc2c(c1)CN(CC(F)(F)P)C2. The second-order valence-corrected chi connectivity index (χ2v) is 9.24. The molecule has 1 amide bonds. The lowest BCUT2D eigenvalue weighted by atomic mass is 10.00. The summed E-state index contributed by atoms with van der Waals surface area (Å²) in [5, 5.41) is 2.79. The van der Waals surface area contributed by atoms with Gasteiger partial charge in [-0.2, -0.15) is 0 Å². The number of fused-ring (bicyclic) bond motifs is 2. The number of carbonyl (C=O) groups excluding carboxylic acids is 1. The number of rotatable bonds is 6. The van der Waals surface area contributed by atoms with E-state index < -0.39 is 11.5 Å². The number of nitrogens with zero attached hydrogens (tertiary/aromatic N) is 3. The number of hydrogen-bond acceptors (Lipinski definition) is 4. The van der Waals surface area contributed by atoms with Gasteiger partial charge in [0.15, 0.2) is 5.82 Å². The molecule has 2 aromatic carbocycles. The number of H-pyrrole nitrogens is 1. The lowest BCUT2D eigenvalue weighted by molar-refractivity contribution is -0.111. The molecule has 0 saturated carbocycles. The summed E-state index contributed by atoms with van der Waals surface area (Å²) < 4.78 is 41.7. The van der Waals surface area contributed by atoms with Crippen molar-refractivity contribution >= 4 is 37.9 Å². The fraction of sp³-hybridized carbons (Fsp3) is 0.160. The molecule has 1 aliphatic heterocycles. The summed E-state index contributed by atoms with van der Waals surface area (Å²) in [5.41, 5.74) is 1.94. The summed E-state index contributed by atoms with van der Waals surface area (Å²) in [7, 11) is 1.56. The number of hydrogen-bond donors (Lipinski definition) is 2. The van der Waals surface area contributed by atoms with E-state index >= 15 is 4.39 Å². The Kier molecular flexibility index (Phi) is 6.13. The third kappa shape index (κ3) is 5.11. The zero-order chi connectivity index (χ0) is 24.6. The Labute approximate surface area is 201 Å². The van der Waals surface area contributed by atoms with Crippen molar-refractivity contribution in [1.29, 1.82) is 0 Å².